The molecular weight excluding hydrogens is 200 g/mol. The summed E-state index contributed by atoms with van der Waals surface area (Å²) in [6.45, 7) is -0.0310. The van der Waals surface area contributed by atoms with Gasteiger partial charge in [0.05, 0.1) is 18.2 Å². The van der Waals surface area contributed by atoms with Crippen molar-refractivity contribution in [1.82, 2.24) is 0 Å². The van der Waals surface area contributed by atoms with Crippen LogP contribution in [0.25, 0.3) is 0 Å². The molecule has 3 nitrogen and oxygen atoms in total. The number of nitrogens with two attached hydrogens (primary N) is 1. The third kappa shape index (κ3) is 3.75. The van der Waals surface area contributed by atoms with Gasteiger partial charge < -0.3 is 10.8 Å². The van der Waals surface area contributed by atoms with E-state index in [0.717, 1.165) is 5.56 Å². The van der Waals surface area contributed by atoms with Crippen LogP contribution in [0, 0.1) is 11.3 Å². The lowest BCUT2D eigenvalue weighted by Crippen LogP contribution is -2.26. The third-order valence-corrected chi connectivity index (χ3v) is 1.79. The number of aliphatic hydroxyl groups is 1. The summed E-state index contributed by atoms with van der Waals surface area (Å²) >= 11 is 0. The highest BCUT2D eigenvalue weighted by molar-refractivity contribution is 5.85. The van der Waals surface area contributed by atoms with Crippen LogP contribution in [0.15, 0.2) is 24.3 Å². The Balaban J connectivity index is 0.00000169. The van der Waals surface area contributed by atoms with E-state index in [-0.39, 0.29) is 25.1 Å². The van der Waals surface area contributed by atoms with Crippen LogP contribution in [0.2, 0.25) is 0 Å². The number of aliphatic hydroxyl groups excluding tert-OH is 1. The summed E-state index contributed by atoms with van der Waals surface area (Å²) in [5.74, 6) is 0. The lowest BCUT2D eigenvalue weighted by atomic mass is 10.0. The van der Waals surface area contributed by atoms with E-state index in [1.807, 2.05) is 12.1 Å². The molecule has 3 N–H and O–H groups in total. The van der Waals surface area contributed by atoms with E-state index < -0.39 is 0 Å². The fourth-order valence-electron chi connectivity index (χ4n) is 1.14. The number of nitrogens with zero attached hydrogens (tertiary/aromatic N) is 1. The zero-order valence-electron chi connectivity index (χ0n) is 7.68. The Bertz CT molecular complexity index is 322. The summed E-state index contributed by atoms with van der Waals surface area (Å²) in [7, 11) is 0. The fraction of sp³-hybridized carbons (Fsp3) is 0.300. The van der Waals surface area contributed by atoms with E-state index >= 15 is 0 Å². The number of hydrogen-bond acceptors (Lipinski definition) is 3. The number of nitriles is 1. The molecule has 0 aliphatic rings. The molecule has 1 rings (SSSR count). The third-order valence-electron chi connectivity index (χ3n) is 1.79. The maximum absolute atomic E-state index is 8.73. The number of rotatable bonds is 3. The van der Waals surface area contributed by atoms with Crippen molar-refractivity contribution in [2.75, 3.05) is 6.61 Å². The predicted molar refractivity (Wildman–Crippen MR) is 57.2 cm³/mol. The molecular formula is C10H13ClN2O. The van der Waals surface area contributed by atoms with Gasteiger partial charge in [-0.05, 0) is 24.1 Å². The first-order valence-electron chi connectivity index (χ1n) is 4.11. The van der Waals surface area contributed by atoms with Gasteiger partial charge in [0, 0.05) is 6.04 Å². The van der Waals surface area contributed by atoms with E-state index in [9.17, 15) is 0 Å². The average molecular weight is 213 g/mol. The maximum atomic E-state index is 8.73. The van der Waals surface area contributed by atoms with Crippen molar-refractivity contribution in [2.24, 2.45) is 5.73 Å². The molecule has 0 aliphatic carbocycles. The second-order valence-corrected chi connectivity index (χ2v) is 2.96. The van der Waals surface area contributed by atoms with Gasteiger partial charge in [0.25, 0.3) is 0 Å². The summed E-state index contributed by atoms with van der Waals surface area (Å²) in [4.78, 5) is 0. The van der Waals surface area contributed by atoms with Crippen molar-refractivity contribution in [3.05, 3.63) is 35.4 Å². The standard InChI is InChI=1S/C10H12N2O.ClH/c11-6-9-3-1-2-8(4-9)5-10(12)7-13;/h1-4,10,13H,5,7,12H2;1H/t10-;/m1./s1. The van der Waals surface area contributed by atoms with Crippen molar-refractivity contribution in [1.29, 1.82) is 5.26 Å². The van der Waals surface area contributed by atoms with E-state index in [0.29, 0.717) is 12.0 Å². The number of benzene rings is 1. The van der Waals surface area contributed by atoms with Gasteiger partial charge in [0.1, 0.15) is 0 Å². The van der Waals surface area contributed by atoms with Crippen LogP contribution in [0.1, 0.15) is 11.1 Å². The Hall–Kier alpha value is -1.08. The zero-order chi connectivity index (χ0) is 9.68. The van der Waals surface area contributed by atoms with Gasteiger partial charge >= 0.3 is 0 Å². The number of halogens is 1. The average Bonchev–Trinajstić information content (AvgIpc) is 2.18. The predicted octanol–water partition coefficient (Wildman–Crippen LogP) is 0.842. The molecule has 0 aromatic heterocycles. The van der Waals surface area contributed by atoms with Gasteiger partial charge in [-0.15, -0.1) is 12.4 Å². The molecule has 1 aromatic rings. The van der Waals surface area contributed by atoms with Crippen molar-refractivity contribution in [3.8, 4) is 6.07 Å². The Morgan fingerprint density at radius 1 is 1.50 bits per heavy atom. The minimum Gasteiger partial charge on any atom is -0.395 e. The van der Waals surface area contributed by atoms with Crippen LogP contribution >= 0.6 is 12.4 Å². The lowest BCUT2D eigenvalue weighted by molar-refractivity contribution is 0.265. The minimum absolute atomic E-state index is 0. The molecule has 0 saturated carbocycles. The maximum Gasteiger partial charge on any atom is 0.0991 e. The van der Waals surface area contributed by atoms with E-state index in [4.69, 9.17) is 16.1 Å². The quantitative estimate of drug-likeness (QED) is 0.780. The Morgan fingerprint density at radius 2 is 2.21 bits per heavy atom. The van der Waals surface area contributed by atoms with E-state index in [2.05, 4.69) is 6.07 Å². The van der Waals surface area contributed by atoms with E-state index in [1.165, 1.54) is 0 Å². The van der Waals surface area contributed by atoms with Gasteiger partial charge in [-0.2, -0.15) is 5.26 Å². The summed E-state index contributed by atoms with van der Waals surface area (Å²) in [5.41, 5.74) is 7.18. The van der Waals surface area contributed by atoms with Crippen molar-refractivity contribution >= 4 is 12.4 Å². The van der Waals surface area contributed by atoms with Crippen LogP contribution in [-0.4, -0.2) is 17.8 Å². The highest BCUT2D eigenvalue weighted by Crippen LogP contribution is 2.05. The first-order chi connectivity index (χ1) is 6.26. The summed E-state index contributed by atoms with van der Waals surface area (Å²) in [5, 5.41) is 17.4. The van der Waals surface area contributed by atoms with Gasteiger partial charge in [-0.25, -0.2) is 0 Å². The van der Waals surface area contributed by atoms with Crippen molar-refractivity contribution in [3.63, 3.8) is 0 Å². The Labute approximate surface area is 89.6 Å². The largest absolute Gasteiger partial charge is 0.395 e. The van der Waals surface area contributed by atoms with Crippen LogP contribution in [0.4, 0.5) is 0 Å². The van der Waals surface area contributed by atoms with Gasteiger partial charge in [0.2, 0.25) is 0 Å². The van der Waals surface area contributed by atoms with Crippen LogP contribution in [0.3, 0.4) is 0 Å². The zero-order valence-corrected chi connectivity index (χ0v) is 8.50. The van der Waals surface area contributed by atoms with Crippen molar-refractivity contribution < 1.29 is 5.11 Å². The normalized spacial score (nSPS) is 11.2. The Morgan fingerprint density at radius 3 is 2.79 bits per heavy atom. The second kappa shape index (κ2) is 6.39. The van der Waals surface area contributed by atoms with Crippen LogP contribution < -0.4 is 5.73 Å². The molecule has 0 amide bonds. The molecule has 0 heterocycles. The van der Waals surface area contributed by atoms with Gasteiger partial charge in [-0.3, -0.25) is 0 Å². The minimum atomic E-state index is -0.242. The van der Waals surface area contributed by atoms with Crippen molar-refractivity contribution in [2.45, 2.75) is 12.5 Å². The molecule has 14 heavy (non-hydrogen) atoms. The van der Waals surface area contributed by atoms with E-state index in [1.54, 1.807) is 12.1 Å². The molecule has 1 atom stereocenters. The fourth-order valence-corrected chi connectivity index (χ4v) is 1.14. The molecule has 0 aliphatic heterocycles. The van der Waals surface area contributed by atoms with Gasteiger partial charge in [-0.1, -0.05) is 12.1 Å². The topological polar surface area (TPSA) is 70.0 Å². The summed E-state index contributed by atoms with van der Waals surface area (Å²) in [6.07, 6.45) is 0.603. The highest BCUT2D eigenvalue weighted by atomic mass is 35.5. The molecule has 4 heteroatoms. The molecule has 0 radical (unpaired) electrons. The molecule has 76 valence electrons. The lowest BCUT2D eigenvalue weighted by Gasteiger charge is -2.07. The molecule has 1 aromatic carbocycles. The van der Waals surface area contributed by atoms with Crippen LogP contribution in [-0.2, 0) is 6.42 Å². The molecule has 0 bridgehead atoms. The van der Waals surface area contributed by atoms with Crippen LogP contribution in [0.5, 0.6) is 0 Å². The summed E-state index contributed by atoms with van der Waals surface area (Å²) in [6, 6.07) is 9.06. The van der Waals surface area contributed by atoms with Gasteiger partial charge in [0.15, 0.2) is 0 Å². The summed E-state index contributed by atoms with van der Waals surface area (Å²) < 4.78 is 0. The monoisotopic (exact) mass is 212 g/mol. The number of hydrogen-bond donors (Lipinski definition) is 2. The SMILES string of the molecule is Cl.N#Cc1cccc(C[C@@H](N)CO)c1. The molecule has 0 spiro atoms. The first-order valence-corrected chi connectivity index (χ1v) is 4.11. The highest BCUT2D eigenvalue weighted by Gasteiger charge is 2.02. The molecule has 0 unspecified atom stereocenters. The second-order valence-electron chi connectivity index (χ2n) is 2.96. The smallest absolute Gasteiger partial charge is 0.0991 e. The molecule has 0 fully saturated rings. The Kier molecular flexibility index (Phi) is 5.89. The molecule has 0 saturated heterocycles. The first kappa shape index (κ1) is 12.9.